The number of amides is 2. The minimum Gasteiger partial charge on any atom is -0.481 e. The number of hydrogen-bond acceptors (Lipinski definition) is 6. The van der Waals surface area contributed by atoms with E-state index in [1.54, 1.807) is 0 Å². The summed E-state index contributed by atoms with van der Waals surface area (Å²) in [7, 11) is 0. The van der Waals surface area contributed by atoms with Crippen molar-refractivity contribution in [1.82, 2.24) is 10.6 Å². The lowest BCUT2D eigenvalue weighted by atomic mass is 10.0. The monoisotopic (exact) mass is 362 g/mol. The Balaban J connectivity index is 0. The van der Waals surface area contributed by atoms with Gasteiger partial charge in [0.15, 0.2) is 11.1 Å². The van der Waals surface area contributed by atoms with Crippen LogP contribution in [-0.2, 0) is 19.2 Å². The van der Waals surface area contributed by atoms with Crippen LogP contribution in [0.1, 0.15) is 40.5 Å². The molecule has 2 amide bonds. The highest BCUT2D eigenvalue weighted by Gasteiger charge is 2.32. The molecule has 0 saturated carbocycles. The first-order valence-electron chi connectivity index (χ1n) is 7.33. The molecule has 0 aliphatic heterocycles. The van der Waals surface area contributed by atoms with Gasteiger partial charge >= 0.3 is 11.9 Å². The van der Waals surface area contributed by atoms with Gasteiger partial charge in [-0.25, -0.2) is 0 Å². The van der Waals surface area contributed by atoms with Crippen LogP contribution in [0.3, 0.4) is 0 Å². The second-order valence-corrected chi connectivity index (χ2v) is 6.12. The maximum absolute atomic E-state index is 12.0. The van der Waals surface area contributed by atoms with Crippen LogP contribution in [-0.4, -0.2) is 63.6 Å². The van der Waals surface area contributed by atoms with Crippen LogP contribution >= 0.6 is 0 Å². The molecule has 0 spiro atoms. The molecular formula is C14H26N4O7. The summed E-state index contributed by atoms with van der Waals surface area (Å²) in [5, 5.41) is 29.7. The van der Waals surface area contributed by atoms with E-state index >= 15 is 0 Å². The van der Waals surface area contributed by atoms with Gasteiger partial charge in [0.1, 0.15) is 0 Å². The van der Waals surface area contributed by atoms with Crippen LogP contribution in [0.4, 0.5) is 0 Å². The fraction of sp³-hybridized carbons (Fsp3) is 0.714. The molecule has 0 aromatic heterocycles. The Hall–Kier alpha value is -2.56. The minimum absolute atomic E-state index is 0. The lowest BCUT2D eigenvalue weighted by Crippen LogP contribution is -2.44. The van der Waals surface area contributed by atoms with Crippen LogP contribution < -0.4 is 10.6 Å². The molecular weight excluding hydrogens is 336 g/mol. The minimum atomic E-state index is -1.28. The molecule has 25 heavy (non-hydrogen) atoms. The van der Waals surface area contributed by atoms with Gasteiger partial charge in [-0.2, -0.15) is 10.2 Å². The first-order chi connectivity index (χ1) is 10.9. The van der Waals surface area contributed by atoms with Crippen molar-refractivity contribution in [2.75, 3.05) is 13.1 Å². The number of aliphatic carboxylic acids is 2. The fourth-order valence-electron chi connectivity index (χ4n) is 1.34. The van der Waals surface area contributed by atoms with Crippen LogP contribution in [0.2, 0.25) is 0 Å². The average molecular weight is 362 g/mol. The maximum atomic E-state index is 12.0. The Morgan fingerprint density at radius 2 is 1.04 bits per heavy atom. The second kappa shape index (κ2) is 10.3. The van der Waals surface area contributed by atoms with E-state index in [-0.39, 0.29) is 31.4 Å². The number of hydrogen-bond donors (Lipinski definition) is 4. The van der Waals surface area contributed by atoms with Crippen molar-refractivity contribution in [1.29, 1.82) is 0 Å². The Morgan fingerprint density at radius 3 is 1.28 bits per heavy atom. The molecule has 0 saturated heterocycles. The Labute approximate surface area is 145 Å². The molecule has 6 N–H and O–H groups in total. The third-order valence-electron chi connectivity index (χ3n) is 2.91. The van der Waals surface area contributed by atoms with E-state index in [1.165, 1.54) is 27.7 Å². The summed E-state index contributed by atoms with van der Waals surface area (Å²) in [6, 6.07) is 0. The van der Waals surface area contributed by atoms with Gasteiger partial charge in [-0.1, -0.05) is 0 Å². The third-order valence-corrected chi connectivity index (χ3v) is 2.91. The van der Waals surface area contributed by atoms with Crippen LogP contribution in [0.5, 0.6) is 0 Å². The van der Waals surface area contributed by atoms with Crippen molar-refractivity contribution in [2.24, 2.45) is 10.2 Å². The van der Waals surface area contributed by atoms with E-state index in [1.807, 2.05) is 0 Å². The highest BCUT2D eigenvalue weighted by Crippen LogP contribution is 2.16. The smallest absolute Gasteiger partial charge is 0.305 e. The van der Waals surface area contributed by atoms with Gasteiger partial charge in [-0.3, -0.25) is 19.2 Å². The summed E-state index contributed by atoms with van der Waals surface area (Å²) >= 11 is 0. The van der Waals surface area contributed by atoms with Crippen molar-refractivity contribution in [3.63, 3.8) is 0 Å². The first-order valence-corrected chi connectivity index (χ1v) is 7.33. The number of nitrogens with zero attached hydrogens (tertiary/aromatic N) is 2. The number of azo groups is 1. The van der Waals surface area contributed by atoms with Crippen molar-refractivity contribution in [3.05, 3.63) is 0 Å². The van der Waals surface area contributed by atoms with Crippen LogP contribution in [0, 0.1) is 0 Å². The van der Waals surface area contributed by atoms with Gasteiger partial charge in [-0.05, 0) is 27.7 Å². The van der Waals surface area contributed by atoms with E-state index in [0.29, 0.717) is 0 Å². The van der Waals surface area contributed by atoms with Crippen molar-refractivity contribution in [3.8, 4) is 0 Å². The molecule has 144 valence electrons. The number of rotatable bonds is 10. The van der Waals surface area contributed by atoms with Gasteiger partial charge < -0.3 is 26.3 Å². The summed E-state index contributed by atoms with van der Waals surface area (Å²) in [4.78, 5) is 44.7. The lowest BCUT2D eigenvalue weighted by Gasteiger charge is -2.22. The molecule has 11 heteroatoms. The Bertz CT molecular complexity index is 483. The third kappa shape index (κ3) is 10.0. The largest absolute Gasteiger partial charge is 0.481 e. The standard InChI is InChI=1S/C14H24N4O6.H2O/c1-13(2,11(23)15-7-5-9(19)20)17-18-14(3,4)12(24)16-8-6-10(21)22;/h5-8H2,1-4H3,(H,15,23)(H,16,24)(H,19,20)(H,21,22);1H2. The molecule has 0 radical (unpaired) electrons. The molecule has 0 aliphatic rings. The zero-order chi connectivity index (χ0) is 19.0. The van der Waals surface area contributed by atoms with Gasteiger partial charge in [-0.15, -0.1) is 0 Å². The molecule has 0 aromatic carbocycles. The summed E-state index contributed by atoms with van der Waals surface area (Å²) in [6.45, 7) is 5.84. The number of carboxylic acid groups (broad SMARTS) is 2. The summed E-state index contributed by atoms with van der Waals surface area (Å²) in [6.07, 6.45) is -0.424. The van der Waals surface area contributed by atoms with Crippen LogP contribution in [0.15, 0.2) is 10.2 Å². The van der Waals surface area contributed by atoms with Gasteiger partial charge in [0, 0.05) is 13.1 Å². The molecule has 0 bridgehead atoms. The first kappa shape index (κ1) is 24.7. The van der Waals surface area contributed by atoms with Gasteiger partial charge in [0.25, 0.3) is 0 Å². The van der Waals surface area contributed by atoms with Gasteiger partial charge in [0.05, 0.1) is 12.8 Å². The molecule has 0 aromatic rings. The maximum Gasteiger partial charge on any atom is 0.305 e. The fourth-order valence-corrected chi connectivity index (χ4v) is 1.34. The summed E-state index contributed by atoms with van der Waals surface area (Å²) < 4.78 is 0. The molecule has 0 aliphatic carbocycles. The second-order valence-electron chi connectivity index (χ2n) is 6.12. The predicted molar refractivity (Wildman–Crippen MR) is 87.2 cm³/mol. The molecule has 0 heterocycles. The quantitative estimate of drug-likeness (QED) is 0.373. The van der Waals surface area contributed by atoms with Crippen molar-refractivity contribution >= 4 is 23.8 Å². The van der Waals surface area contributed by atoms with E-state index in [4.69, 9.17) is 10.2 Å². The predicted octanol–water partition coefficient (Wildman–Crippen LogP) is -0.647. The SMILES string of the molecule is CC(C)(N=NC(C)(C)C(=O)NCCC(=O)O)C(=O)NCCC(=O)O.O. The zero-order valence-corrected chi connectivity index (χ0v) is 14.8. The topological polar surface area (TPSA) is 189 Å². The Kier molecular flexibility index (Phi) is 10.2. The number of nitrogens with one attached hydrogen (secondary N) is 2. The summed E-state index contributed by atoms with van der Waals surface area (Å²) in [5.41, 5.74) is -2.56. The number of carboxylic acids is 2. The van der Waals surface area contributed by atoms with E-state index in [9.17, 15) is 19.2 Å². The highest BCUT2D eigenvalue weighted by atomic mass is 16.4. The van der Waals surface area contributed by atoms with Crippen molar-refractivity contribution in [2.45, 2.75) is 51.6 Å². The summed E-state index contributed by atoms with van der Waals surface area (Å²) in [5.74, 6) is -3.10. The van der Waals surface area contributed by atoms with E-state index in [0.717, 1.165) is 0 Å². The molecule has 0 rings (SSSR count). The highest BCUT2D eigenvalue weighted by molar-refractivity contribution is 5.87. The Morgan fingerprint density at radius 1 is 0.760 bits per heavy atom. The number of carbonyl (C=O) groups is 4. The lowest BCUT2D eigenvalue weighted by molar-refractivity contribution is -0.138. The number of carbonyl (C=O) groups excluding carboxylic acids is 2. The normalized spacial score (nSPS) is 11.5. The van der Waals surface area contributed by atoms with Crippen LogP contribution in [0.25, 0.3) is 0 Å². The molecule has 0 atom stereocenters. The van der Waals surface area contributed by atoms with Gasteiger partial charge in [0.2, 0.25) is 11.8 Å². The molecule has 11 nitrogen and oxygen atoms in total. The van der Waals surface area contributed by atoms with E-state index in [2.05, 4.69) is 20.9 Å². The molecule has 0 unspecified atom stereocenters. The average Bonchev–Trinajstić information content (AvgIpc) is 2.44. The van der Waals surface area contributed by atoms with E-state index < -0.39 is 34.8 Å². The zero-order valence-electron chi connectivity index (χ0n) is 14.8. The van der Waals surface area contributed by atoms with Crippen molar-refractivity contribution < 1.29 is 34.9 Å². The molecule has 0 fully saturated rings.